The van der Waals surface area contributed by atoms with E-state index in [9.17, 15) is 18.0 Å². The number of sulfonamides is 1. The fraction of sp³-hybridized carbons (Fsp3) is 0.818. The number of carboxylic acid groups (broad SMARTS) is 1. The number of hydrogen-bond acceptors (Lipinski definition) is 5. The molecule has 1 atom stereocenters. The van der Waals surface area contributed by atoms with Crippen molar-refractivity contribution in [1.82, 2.24) is 9.21 Å². The highest BCUT2D eigenvalue weighted by atomic mass is 32.2. The summed E-state index contributed by atoms with van der Waals surface area (Å²) in [6.07, 6.45) is 2.62. The van der Waals surface area contributed by atoms with Crippen LogP contribution in [0.3, 0.4) is 0 Å². The van der Waals surface area contributed by atoms with Gasteiger partial charge in [-0.25, -0.2) is 8.42 Å². The number of nitrogens with zero attached hydrogens (tertiary/aromatic N) is 2. The molecule has 3 rings (SSSR count). The minimum atomic E-state index is -3.63. The van der Waals surface area contributed by atoms with Gasteiger partial charge in [-0.3, -0.25) is 14.5 Å². The van der Waals surface area contributed by atoms with E-state index in [4.69, 9.17) is 5.11 Å². The van der Waals surface area contributed by atoms with Crippen molar-refractivity contribution in [2.24, 2.45) is 5.92 Å². The molecule has 3 aliphatic rings. The Morgan fingerprint density at radius 1 is 1.42 bits per heavy atom. The van der Waals surface area contributed by atoms with Crippen LogP contribution in [0.25, 0.3) is 0 Å². The molecule has 19 heavy (non-hydrogen) atoms. The molecule has 0 amide bonds. The number of carboxylic acids is 1. The molecule has 0 aromatic carbocycles. The first-order valence-corrected chi connectivity index (χ1v) is 8.08. The van der Waals surface area contributed by atoms with Crippen LogP contribution in [-0.4, -0.2) is 73.0 Å². The summed E-state index contributed by atoms with van der Waals surface area (Å²) in [6.45, 7) is 0.916. The lowest BCUT2D eigenvalue weighted by Gasteiger charge is -2.45. The third kappa shape index (κ3) is 3.13. The molecule has 2 bridgehead atoms. The zero-order chi connectivity index (χ0) is 14.2. The number of rotatable bonds is 5. The van der Waals surface area contributed by atoms with Gasteiger partial charge in [-0.15, -0.1) is 0 Å². The van der Waals surface area contributed by atoms with Crippen molar-refractivity contribution < 1.29 is 23.1 Å². The number of hydrogen-bond donors (Lipinski definition) is 1. The predicted octanol–water partition coefficient (Wildman–Crippen LogP) is -1.00. The monoisotopic (exact) mass is 290 g/mol. The van der Waals surface area contributed by atoms with E-state index in [1.165, 1.54) is 0 Å². The minimum Gasteiger partial charge on any atom is -0.480 e. The van der Waals surface area contributed by atoms with E-state index >= 15 is 0 Å². The van der Waals surface area contributed by atoms with Crippen LogP contribution in [0.4, 0.5) is 0 Å². The predicted molar refractivity (Wildman–Crippen MR) is 67.1 cm³/mol. The molecule has 3 aliphatic heterocycles. The standard InChI is InChI=1S/C11H18N2O5S/c1-19(17,18)13(7-10(14)15)6-9-11(16)8-2-4-12(9)5-3-8/h8-9H,2-7H2,1H3,(H,14,15). The number of aliphatic carboxylic acids is 1. The molecule has 0 aliphatic carbocycles. The van der Waals surface area contributed by atoms with Gasteiger partial charge in [0, 0.05) is 12.5 Å². The summed E-state index contributed by atoms with van der Waals surface area (Å²) in [5, 5.41) is 8.77. The van der Waals surface area contributed by atoms with E-state index in [1.54, 1.807) is 0 Å². The first-order valence-electron chi connectivity index (χ1n) is 6.23. The van der Waals surface area contributed by atoms with Gasteiger partial charge in [0.15, 0.2) is 5.78 Å². The van der Waals surface area contributed by atoms with E-state index in [1.807, 2.05) is 4.90 Å². The topological polar surface area (TPSA) is 95.0 Å². The van der Waals surface area contributed by atoms with E-state index in [0.29, 0.717) is 0 Å². The van der Waals surface area contributed by atoms with Crippen molar-refractivity contribution in [3.05, 3.63) is 0 Å². The van der Waals surface area contributed by atoms with Crippen LogP contribution < -0.4 is 0 Å². The normalized spacial score (nSPS) is 30.8. The highest BCUT2D eigenvalue weighted by Gasteiger charge is 2.42. The number of ketones is 1. The second-order valence-electron chi connectivity index (χ2n) is 5.18. The molecule has 0 aromatic heterocycles. The summed E-state index contributed by atoms with van der Waals surface area (Å²) >= 11 is 0. The first kappa shape index (κ1) is 14.4. The number of fused-ring (bicyclic) bond motifs is 3. The third-order valence-electron chi connectivity index (χ3n) is 3.86. The lowest BCUT2D eigenvalue weighted by atomic mass is 9.82. The maximum absolute atomic E-state index is 12.1. The summed E-state index contributed by atoms with van der Waals surface area (Å²) in [6, 6.07) is -0.485. The van der Waals surface area contributed by atoms with Crippen molar-refractivity contribution in [3.63, 3.8) is 0 Å². The molecule has 7 nitrogen and oxygen atoms in total. The van der Waals surface area contributed by atoms with E-state index in [2.05, 4.69) is 0 Å². The Bertz CT molecular complexity index is 481. The Balaban J connectivity index is 2.13. The van der Waals surface area contributed by atoms with Crippen LogP contribution in [0.2, 0.25) is 0 Å². The maximum atomic E-state index is 12.1. The van der Waals surface area contributed by atoms with Crippen LogP contribution >= 0.6 is 0 Å². The van der Waals surface area contributed by atoms with Gasteiger partial charge >= 0.3 is 5.97 Å². The Hall–Kier alpha value is -0.990. The van der Waals surface area contributed by atoms with E-state index in [0.717, 1.165) is 36.5 Å². The van der Waals surface area contributed by atoms with Crippen LogP contribution in [0.15, 0.2) is 0 Å². The lowest BCUT2D eigenvalue weighted by molar-refractivity contribution is -0.140. The van der Waals surface area contributed by atoms with Gasteiger partial charge in [0.05, 0.1) is 12.3 Å². The summed E-state index contributed by atoms with van der Waals surface area (Å²) in [5.74, 6) is -1.15. The van der Waals surface area contributed by atoms with Gasteiger partial charge in [-0.1, -0.05) is 0 Å². The number of carbonyl (C=O) groups is 2. The first-order chi connectivity index (χ1) is 8.79. The number of carbonyl (C=O) groups excluding carboxylic acids is 1. The maximum Gasteiger partial charge on any atom is 0.318 e. The molecule has 0 spiro atoms. The molecule has 0 aromatic rings. The zero-order valence-corrected chi connectivity index (χ0v) is 11.6. The quantitative estimate of drug-likeness (QED) is 0.697. The van der Waals surface area contributed by atoms with Gasteiger partial charge in [-0.2, -0.15) is 4.31 Å². The molecule has 1 N–H and O–H groups in total. The summed E-state index contributed by atoms with van der Waals surface area (Å²) < 4.78 is 24.0. The number of Topliss-reactive ketones (excluding diaryl/α,β-unsaturated/α-hetero) is 1. The van der Waals surface area contributed by atoms with Gasteiger partial charge in [0.1, 0.15) is 6.54 Å². The minimum absolute atomic E-state index is 0.0150. The second kappa shape index (κ2) is 5.18. The average Bonchev–Trinajstić information content (AvgIpc) is 2.31. The van der Waals surface area contributed by atoms with Crippen molar-refractivity contribution in [2.75, 3.05) is 32.4 Å². The number of piperidine rings is 3. The summed E-state index contributed by atoms with van der Waals surface area (Å²) in [4.78, 5) is 24.8. The Kier molecular flexibility index (Phi) is 3.93. The molecule has 0 radical (unpaired) electrons. The summed E-state index contributed by atoms with van der Waals surface area (Å²) in [7, 11) is -3.63. The molecule has 0 saturated carbocycles. The molecular weight excluding hydrogens is 272 g/mol. The van der Waals surface area contributed by atoms with Gasteiger partial charge in [-0.05, 0) is 25.9 Å². The summed E-state index contributed by atoms with van der Waals surface area (Å²) in [5.41, 5.74) is 0. The molecular formula is C11H18N2O5S. The van der Waals surface area contributed by atoms with Crippen LogP contribution in [0, 0.1) is 5.92 Å². The van der Waals surface area contributed by atoms with E-state index in [-0.39, 0.29) is 18.2 Å². The van der Waals surface area contributed by atoms with Gasteiger partial charge < -0.3 is 5.11 Å². The molecule has 8 heteroatoms. The zero-order valence-electron chi connectivity index (χ0n) is 10.8. The van der Waals surface area contributed by atoms with Crippen molar-refractivity contribution in [1.29, 1.82) is 0 Å². The SMILES string of the molecule is CS(=O)(=O)N(CC(=O)O)CC1C(=O)C2CCN1CC2. The highest BCUT2D eigenvalue weighted by Crippen LogP contribution is 2.29. The molecule has 1 unspecified atom stereocenters. The van der Waals surface area contributed by atoms with Crippen LogP contribution in [0.1, 0.15) is 12.8 Å². The fourth-order valence-corrected chi connectivity index (χ4v) is 3.57. The fourth-order valence-electron chi connectivity index (χ4n) is 2.81. The largest absolute Gasteiger partial charge is 0.480 e. The Morgan fingerprint density at radius 2 is 2.00 bits per heavy atom. The molecule has 3 heterocycles. The van der Waals surface area contributed by atoms with Crippen LogP contribution in [-0.2, 0) is 19.6 Å². The van der Waals surface area contributed by atoms with E-state index < -0.39 is 28.6 Å². The van der Waals surface area contributed by atoms with Gasteiger partial charge in [0.2, 0.25) is 10.0 Å². The third-order valence-corrected chi connectivity index (χ3v) is 5.07. The lowest BCUT2D eigenvalue weighted by Crippen LogP contribution is -2.60. The van der Waals surface area contributed by atoms with Crippen molar-refractivity contribution >= 4 is 21.8 Å². The van der Waals surface area contributed by atoms with Crippen molar-refractivity contribution in [2.45, 2.75) is 18.9 Å². The van der Waals surface area contributed by atoms with Crippen LogP contribution in [0.5, 0.6) is 0 Å². The average molecular weight is 290 g/mol. The molecule has 3 fully saturated rings. The molecule has 108 valence electrons. The Labute approximate surface area is 112 Å². The highest BCUT2D eigenvalue weighted by molar-refractivity contribution is 7.88. The van der Waals surface area contributed by atoms with Crippen molar-refractivity contribution in [3.8, 4) is 0 Å². The molecule has 3 saturated heterocycles. The van der Waals surface area contributed by atoms with Gasteiger partial charge in [0.25, 0.3) is 0 Å². The smallest absolute Gasteiger partial charge is 0.318 e. The Morgan fingerprint density at radius 3 is 2.42 bits per heavy atom. The second-order valence-corrected chi connectivity index (χ2v) is 7.16.